The fourth-order valence-corrected chi connectivity index (χ4v) is 2.88. The lowest BCUT2D eigenvalue weighted by Crippen LogP contribution is -2.08. The van der Waals surface area contributed by atoms with Gasteiger partial charge in [0.1, 0.15) is 0 Å². The second-order valence-corrected chi connectivity index (χ2v) is 6.47. The van der Waals surface area contributed by atoms with Gasteiger partial charge in [0.2, 0.25) is 0 Å². The first-order valence-electron chi connectivity index (χ1n) is 9.08. The lowest BCUT2D eigenvalue weighted by atomic mass is 10.0. The van der Waals surface area contributed by atoms with Crippen LogP contribution in [0.25, 0.3) is 12.2 Å². The van der Waals surface area contributed by atoms with Gasteiger partial charge in [-0.25, -0.2) is 0 Å². The normalized spacial score (nSPS) is 11.2. The molecule has 0 radical (unpaired) electrons. The van der Waals surface area contributed by atoms with Gasteiger partial charge in [-0.1, -0.05) is 72.8 Å². The monoisotopic (exact) mass is 367 g/mol. The van der Waals surface area contributed by atoms with E-state index in [2.05, 4.69) is 4.98 Å². The predicted molar refractivity (Wildman–Crippen MR) is 113 cm³/mol. The lowest BCUT2D eigenvalue weighted by Gasteiger charge is -2.07. The van der Waals surface area contributed by atoms with E-state index in [0.717, 1.165) is 11.1 Å². The summed E-state index contributed by atoms with van der Waals surface area (Å²) in [6.07, 6.45) is 6.56. The molecule has 3 heteroatoms. The van der Waals surface area contributed by atoms with Crippen LogP contribution in [0.5, 0.6) is 0 Å². The number of aromatic nitrogens is 1. The number of carbonyl (C=O) groups is 2. The van der Waals surface area contributed by atoms with Gasteiger partial charge in [-0.05, 0) is 43.2 Å². The van der Waals surface area contributed by atoms with Crippen LogP contribution in [0.3, 0.4) is 0 Å². The van der Waals surface area contributed by atoms with Crippen LogP contribution >= 0.6 is 0 Å². The first kappa shape index (κ1) is 19.2. The molecule has 0 aliphatic rings. The van der Waals surface area contributed by atoms with E-state index < -0.39 is 0 Å². The zero-order chi connectivity index (χ0) is 19.9. The Bertz CT molecular complexity index is 966. The molecule has 0 atom stereocenters. The van der Waals surface area contributed by atoms with E-state index in [4.69, 9.17) is 0 Å². The van der Waals surface area contributed by atoms with Crippen LogP contribution in [0.4, 0.5) is 0 Å². The Hall–Kier alpha value is -3.59. The van der Waals surface area contributed by atoms with Crippen molar-refractivity contribution >= 4 is 23.7 Å². The zero-order valence-electron chi connectivity index (χ0n) is 15.9. The molecule has 3 nitrogen and oxygen atoms in total. The smallest absolute Gasteiger partial charge is 0.187 e. The van der Waals surface area contributed by atoms with Crippen LogP contribution in [0, 0.1) is 13.8 Å². The SMILES string of the molecule is Cc1nc(C)c(C(=O)C=Cc2ccccc2)cc1C(=O)C=Cc1ccccc1. The van der Waals surface area contributed by atoms with Crippen molar-refractivity contribution in [1.82, 2.24) is 4.98 Å². The average molecular weight is 367 g/mol. The van der Waals surface area contributed by atoms with E-state index in [0.29, 0.717) is 22.5 Å². The quantitative estimate of drug-likeness (QED) is 0.427. The van der Waals surface area contributed by atoms with Gasteiger partial charge >= 0.3 is 0 Å². The van der Waals surface area contributed by atoms with Crippen molar-refractivity contribution in [2.45, 2.75) is 13.8 Å². The molecule has 0 saturated carbocycles. The third-order valence-electron chi connectivity index (χ3n) is 4.39. The third kappa shape index (κ3) is 4.77. The van der Waals surface area contributed by atoms with Crippen molar-refractivity contribution in [3.63, 3.8) is 0 Å². The van der Waals surface area contributed by atoms with Gasteiger partial charge in [-0.2, -0.15) is 0 Å². The molecule has 3 aromatic rings. The number of rotatable bonds is 6. The van der Waals surface area contributed by atoms with E-state index >= 15 is 0 Å². The molecule has 138 valence electrons. The van der Waals surface area contributed by atoms with Crippen molar-refractivity contribution in [3.8, 4) is 0 Å². The summed E-state index contributed by atoms with van der Waals surface area (Å²) in [4.78, 5) is 29.7. The lowest BCUT2D eigenvalue weighted by molar-refractivity contribution is 0.104. The molecule has 0 N–H and O–H groups in total. The highest BCUT2D eigenvalue weighted by molar-refractivity contribution is 6.11. The number of carbonyl (C=O) groups excluding carboxylic acids is 2. The molecular weight excluding hydrogens is 346 g/mol. The minimum Gasteiger partial charge on any atom is -0.289 e. The van der Waals surface area contributed by atoms with E-state index in [1.54, 1.807) is 32.1 Å². The number of aryl methyl sites for hydroxylation is 2. The van der Waals surface area contributed by atoms with E-state index in [-0.39, 0.29) is 11.6 Å². The highest BCUT2D eigenvalue weighted by Crippen LogP contribution is 2.16. The second kappa shape index (κ2) is 8.87. The minimum absolute atomic E-state index is 0.171. The average Bonchev–Trinajstić information content (AvgIpc) is 2.72. The summed E-state index contributed by atoms with van der Waals surface area (Å²) in [6, 6.07) is 20.9. The Morgan fingerprint density at radius 1 is 0.679 bits per heavy atom. The molecule has 1 heterocycles. The molecule has 1 aromatic heterocycles. The van der Waals surface area contributed by atoms with Gasteiger partial charge in [-0.3, -0.25) is 14.6 Å². The summed E-state index contributed by atoms with van der Waals surface area (Å²) in [7, 11) is 0. The van der Waals surface area contributed by atoms with Crippen molar-refractivity contribution in [2.24, 2.45) is 0 Å². The molecule has 3 rings (SSSR count). The van der Waals surface area contributed by atoms with Crippen LogP contribution in [-0.4, -0.2) is 16.6 Å². The summed E-state index contributed by atoms with van der Waals surface area (Å²) in [5.74, 6) is -0.343. The number of allylic oxidation sites excluding steroid dienone is 2. The van der Waals surface area contributed by atoms with Gasteiger partial charge in [0.25, 0.3) is 0 Å². The Morgan fingerprint density at radius 3 is 1.46 bits per heavy atom. The van der Waals surface area contributed by atoms with Crippen LogP contribution in [-0.2, 0) is 0 Å². The molecule has 0 unspecified atom stereocenters. The molecule has 0 amide bonds. The van der Waals surface area contributed by atoms with Crippen LogP contribution in [0.2, 0.25) is 0 Å². The first-order chi connectivity index (χ1) is 13.5. The largest absolute Gasteiger partial charge is 0.289 e. The highest BCUT2D eigenvalue weighted by Gasteiger charge is 2.14. The number of ketones is 2. The number of pyridine rings is 1. The Balaban J connectivity index is 1.85. The van der Waals surface area contributed by atoms with Gasteiger partial charge < -0.3 is 0 Å². The van der Waals surface area contributed by atoms with Gasteiger partial charge in [0, 0.05) is 22.5 Å². The number of hydrogen-bond donors (Lipinski definition) is 0. The second-order valence-electron chi connectivity index (χ2n) is 6.47. The molecule has 0 spiro atoms. The standard InChI is InChI=1S/C25H21NO2/c1-18-22(24(27)15-13-20-9-5-3-6-10-20)17-23(19(2)26-18)25(28)16-14-21-11-7-4-8-12-21/h3-17H,1-2H3. The molecule has 28 heavy (non-hydrogen) atoms. The number of benzene rings is 2. The van der Waals surface area contributed by atoms with Crippen molar-refractivity contribution in [2.75, 3.05) is 0 Å². The van der Waals surface area contributed by atoms with Gasteiger partial charge in [0.05, 0.1) is 0 Å². The summed E-state index contributed by atoms with van der Waals surface area (Å²) in [5, 5.41) is 0. The van der Waals surface area contributed by atoms with Gasteiger partial charge in [0.15, 0.2) is 11.6 Å². The van der Waals surface area contributed by atoms with Crippen LogP contribution in [0.15, 0.2) is 78.9 Å². The zero-order valence-corrected chi connectivity index (χ0v) is 15.9. The van der Waals surface area contributed by atoms with Gasteiger partial charge in [-0.15, -0.1) is 0 Å². The molecule has 2 aromatic carbocycles. The van der Waals surface area contributed by atoms with Crippen LogP contribution in [0.1, 0.15) is 43.2 Å². The number of hydrogen-bond acceptors (Lipinski definition) is 3. The predicted octanol–water partition coefficient (Wildman–Crippen LogP) is 5.49. The highest BCUT2D eigenvalue weighted by atomic mass is 16.1. The van der Waals surface area contributed by atoms with Crippen LogP contribution < -0.4 is 0 Å². The molecule has 0 bridgehead atoms. The van der Waals surface area contributed by atoms with Crippen molar-refractivity contribution in [1.29, 1.82) is 0 Å². The third-order valence-corrected chi connectivity index (χ3v) is 4.39. The Kier molecular flexibility index (Phi) is 6.07. The molecular formula is C25H21NO2. The summed E-state index contributed by atoms with van der Waals surface area (Å²) in [6.45, 7) is 3.56. The fraction of sp³-hybridized carbons (Fsp3) is 0.0800. The van der Waals surface area contributed by atoms with Crippen molar-refractivity contribution < 1.29 is 9.59 Å². The van der Waals surface area contributed by atoms with E-state index in [1.807, 2.05) is 60.7 Å². The molecule has 0 saturated heterocycles. The molecule has 0 fully saturated rings. The number of nitrogens with zero attached hydrogens (tertiary/aromatic N) is 1. The van der Waals surface area contributed by atoms with E-state index in [9.17, 15) is 9.59 Å². The maximum absolute atomic E-state index is 12.6. The Morgan fingerprint density at radius 2 is 1.07 bits per heavy atom. The van der Waals surface area contributed by atoms with Crippen molar-refractivity contribution in [3.05, 3.63) is 113 Å². The maximum Gasteiger partial charge on any atom is 0.187 e. The summed E-state index contributed by atoms with van der Waals surface area (Å²) in [5.41, 5.74) is 3.99. The Labute approximate surface area is 165 Å². The molecule has 0 aliphatic carbocycles. The molecule has 0 aliphatic heterocycles. The minimum atomic E-state index is -0.171. The topological polar surface area (TPSA) is 47.0 Å². The summed E-state index contributed by atoms with van der Waals surface area (Å²) < 4.78 is 0. The first-order valence-corrected chi connectivity index (χ1v) is 9.08. The summed E-state index contributed by atoms with van der Waals surface area (Å²) >= 11 is 0. The fourth-order valence-electron chi connectivity index (χ4n) is 2.88. The van der Waals surface area contributed by atoms with E-state index in [1.165, 1.54) is 12.2 Å². The maximum atomic E-state index is 12.6.